The van der Waals surface area contributed by atoms with Gasteiger partial charge in [-0.3, -0.25) is 9.69 Å². The Morgan fingerprint density at radius 2 is 1.94 bits per heavy atom. The summed E-state index contributed by atoms with van der Waals surface area (Å²) in [6, 6.07) is 7.47. The van der Waals surface area contributed by atoms with Gasteiger partial charge in [0.1, 0.15) is 5.75 Å². The molecule has 0 unspecified atom stereocenters. The van der Waals surface area contributed by atoms with Crippen molar-refractivity contribution in [2.75, 3.05) is 21.2 Å². The third kappa shape index (κ3) is 2.15. The lowest BCUT2D eigenvalue weighted by Gasteiger charge is -2.34. The van der Waals surface area contributed by atoms with Crippen molar-refractivity contribution < 1.29 is 9.53 Å². The Morgan fingerprint density at radius 3 is 2.50 bits per heavy atom. The fourth-order valence-electron chi connectivity index (χ4n) is 2.87. The van der Waals surface area contributed by atoms with Crippen LogP contribution in [0, 0.1) is 0 Å². The van der Waals surface area contributed by atoms with Crippen LogP contribution in [0.2, 0.25) is 0 Å². The van der Waals surface area contributed by atoms with E-state index >= 15 is 0 Å². The molecule has 1 aromatic carbocycles. The molecule has 0 bridgehead atoms. The molecular weight excluding hydrogens is 226 g/mol. The van der Waals surface area contributed by atoms with Crippen LogP contribution < -0.4 is 4.74 Å². The zero-order valence-corrected chi connectivity index (χ0v) is 11.4. The zero-order chi connectivity index (χ0) is 13.2. The van der Waals surface area contributed by atoms with Gasteiger partial charge in [0.2, 0.25) is 0 Å². The number of benzene rings is 1. The number of nitrogens with zero attached hydrogens (tertiary/aromatic N) is 1. The molecule has 0 spiro atoms. The first-order valence-electron chi connectivity index (χ1n) is 6.46. The average Bonchev–Trinajstić information content (AvgIpc) is 2.88. The topological polar surface area (TPSA) is 29.5 Å². The highest BCUT2D eigenvalue weighted by Crippen LogP contribution is 2.37. The van der Waals surface area contributed by atoms with Crippen molar-refractivity contribution >= 4 is 5.78 Å². The molecule has 0 heterocycles. The second-order valence-corrected chi connectivity index (χ2v) is 5.19. The van der Waals surface area contributed by atoms with Crippen LogP contribution in [0.1, 0.15) is 36.0 Å². The highest BCUT2D eigenvalue weighted by atomic mass is 16.5. The normalized spacial score (nSPS) is 18.0. The van der Waals surface area contributed by atoms with Crippen LogP contribution in [-0.2, 0) is 0 Å². The van der Waals surface area contributed by atoms with Crippen molar-refractivity contribution in [3.63, 3.8) is 0 Å². The summed E-state index contributed by atoms with van der Waals surface area (Å²) in [5.41, 5.74) is 0.441. The van der Waals surface area contributed by atoms with Crippen molar-refractivity contribution in [3.8, 4) is 5.75 Å². The quantitative estimate of drug-likeness (QED) is 0.766. The van der Waals surface area contributed by atoms with Gasteiger partial charge in [-0.15, -0.1) is 0 Å². The average molecular weight is 247 g/mol. The Balaban J connectivity index is 2.34. The van der Waals surface area contributed by atoms with Gasteiger partial charge >= 0.3 is 0 Å². The number of Topliss-reactive ketones (excluding diaryl/α,β-unsaturated/α-hetero) is 1. The molecule has 0 N–H and O–H groups in total. The first kappa shape index (κ1) is 13.1. The van der Waals surface area contributed by atoms with Crippen LogP contribution >= 0.6 is 0 Å². The maximum atomic E-state index is 12.8. The van der Waals surface area contributed by atoms with Gasteiger partial charge in [-0.25, -0.2) is 0 Å². The van der Waals surface area contributed by atoms with Gasteiger partial charge < -0.3 is 4.74 Å². The van der Waals surface area contributed by atoms with E-state index in [1.54, 1.807) is 7.11 Å². The third-order valence-corrected chi connectivity index (χ3v) is 4.04. The van der Waals surface area contributed by atoms with E-state index in [-0.39, 0.29) is 11.3 Å². The number of likely N-dealkylation sites (N-methyl/N-ethyl adjacent to an activating group) is 1. The summed E-state index contributed by atoms with van der Waals surface area (Å²) in [7, 11) is 5.63. The Labute approximate surface area is 109 Å². The van der Waals surface area contributed by atoms with Crippen molar-refractivity contribution in [1.29, 1.82) is 0 Å². The van der Waals surface area contributed by atoms with Crippen LogP contribution in [0.15, 0.2) is 24.3 Å². The minimum Gasteiger partial charge on any atom is -0.497 e. The summed E-state index contributed by atoms with van der Waals surface area (Å²) in [6.07, 6.45) is 4.17. The summed E-state index contributed by atoms with van der Waals surface area (Å²) in [4.78, 5) is 14.9. The van der Waals surface area contributed by atoms with Crippen molar-refractivity contribution in [3.05, 3.63) is 29.8 Å². The summed E-state index contributed by atoms with van der Waals surface area (Å²) < 4.78 is 5.20. The molecule has 2 rings (SSSR count). The molecule has 0 atom stereocenters. The zero-order valence-electron chi connectivity index (χ0n) is 11.4. The van der Waals surface area contributed by atoms with Gasteiger partial charge in [0, 0.05) is 5.56 Å². The van der Waals surface area contributed by atoms with Crippen LogP contribution in [0.3, 0.4) is 0 Å². The molecule has 0 amide bonds. The summed E-state index contributed by atoms with van der Waals surface area (Å²) in [5, 5.41) is 0. The second kappa shape index (κ2) is 5.11. The van der Waals surface area contributed by atoms with Crippen LogP contribution in [0.5, 0.6) is 5.75 Å². The molecular formula is C15H21NO2. The molecule has 98 valence electrons. The van der Waals surface area contributed by atoms with E-state index in [2.05, 4.69) is 4.90 Å². The van der Waals surface area contributed by atoms with Crippen LogP contribution in [-0.4, -0.2) is 37.4 Å². The van der Waals surface area contributed by atoms with Crippen molar-refractivity contribution in [1.82, 2.24) is 4.90 Å². The minimum atomic E-state index is -0.313. The van der Waals surface area contributed by atoms with Gasteiger partial charge in [0.15, 0.2) is 5.78 Å². The molecule has 1 aliphatic carbocycles. The summed E-state index contributed by atoms with van der Waals surface area (Å²) in [6.45, 7) is 0. The number of carbonyl (C=O) groups is 1. The van der Waals surface area contributed by atoms with E-state index in [1.165, 1.54) is 0 Å². The van der Waals surface area contributed by atoms with E-state index < -0.39 is 0 Å². The number of ketones is 1. The third-order valence-electron chi connectivity index (χ3n) is 4.04. The lowest BCUT2D eigenvalue weighted by Crippen LogP contribution is -2.48. The van der Waals surface area contributed by atoms with E-state index in [9.17, 15) is 4.79 Å². The van der Waals surface area contributed by atoms with Gasteiger partial charge in [-0.05, 0) is 39.1 Å². The maximum Gasteiger partial charge on any atom is 0.183 e. The largest absolute Gasteiger partial charge is 0.497 e. The lowest BCUT2D eigenvalue weighted by atomic mass is 9.86. The van der Waals surface area contributed by atoms with E-state index in [4.69, 9.17) is 4.74 Å². The van der Waals surface area contributed by atoms with Gasteiger partial charge in [0.25, 0.3) is 0 Å². The lowest BCUT2D eigenvalue weighted by molar-refractivity contribution is 0.0693. The monoisotopic (exact) mass is 247 g/mol. The molecule has 1 saturated carbocycles. The molecule has 3 nitrogen and oxygen atoms in total. The SMILES string of the molecule is COc1cccc(C(=O)C2(N(C)C)CCCC2)c1. The maximum absolute atomic E-state index is 12.8. The predicted octanol–water partition coefficient (Wildman–Crippen LogP) is 2.75. The fourth-order valence-corrected chi connectivity index (χ4v) is 2.87. The van der Waals surface area contributed by atoms with E-state index in [0.29, 0.717) is 0 Å². The Hall–Kier alpha value is -1.35. The first-order valence-corrected chi connectivity index (χ1v) is 6.46. The molecule has 1 fully saturated rings. The first-order chi connectivity index (χ1) is 8.60. The molecule has 18 heavy (non-hydrogen) atoms. The van der Waals surface area contributed by atoms with E-state index in [1.807, 2.05) is 38.4 Å². The minimum absolute atomic E-state index is 0.226. The van der Waals surface area contributed by atoms with E-state index in [0.717, 1.165) is 37.0 Å². The summed E-state index contributed by atoms with van der Waals surface area (Å²) in [5.74, 6) is 0.969. The number of hydrogen-bond acceptors (Lipinski definition) is 3. The summed E-state index contributed by atoms with van der Waals surface area (Å²) >= 11 is 0. The molecule has 0 aromatic heterocycles. The second-order valence-electron chi connectivity index (χ2n) is 5.19. The number of ether oxygens (including phenoxy) is 1. The number of carbonyl (C=O) groups excluding carboxylic acids is 1. The Morgan fingerprint density at radius 1 is 1.28 bits per heavy atom. The standard InChI is InChI=1S/C15H21NO2/c1-16(2)15(9-4-5-10-15)14(17)12-7-6-8-13(11-12)18-3/h6-8,11H,4-5,9-10H2,1-3H3. The number of methoxy groups -OCH3 is 1. The van der Waals surface area contributed by atoms with Gasteiger partial charge in [-0.1, -0.05) is 25.0 Å². The predicted molar refractivity (Wildman–Crippen MR) is 72.2 cm³/mol. The van der Waals surface area contributed by atoms with Gasteiger partial charge in [0.05, 0.1) is 12.6 Å². The number of hydrogen-bond donors (Lipinski definition) is 0. The highest BCUT2D eigenvalue weighted by molar-refractivity contribution is 6.03. The molecule has 0 radical (unpaired) electrons. The van der Waals surface area contributed by atoms with Gasteiger partial charge in [-0.2, -0.15) is 0 Å². The van der Waals surface area contributed by atoms with Crippen molar-refractivity contribution in [2.45, 2.75) is 31.2 Å². The Bertz CT molecular complexity index is 434. The molecule has 0 aliphatic heterocycles. The smallest absolute Gasteiger partial charge is 0.183 e. The van der Waals surface area contributed by atoms with Crippen LogP contribution in [0.25, 0.3) is 0 Å². The molecule has 3 heteroatoms. The molecule has 0 saturated heterocycles. The highest BCUT2D eigenvalue weighted by Gasteiger charge is 2.43. The van der Waals surface area contributed by atoms with Crippen molar-refractivity contribution in [2.24, 2.45) is 0 Å². The fraction of sp³-hybridized carbons (Fsp3) is 0.533. The van der Waals surface area contributed by atoms with Crippen LogP contribution in [0.4, 0.5) is 0 Å². The number of rotatable bonds is 4. The Kier molecular flexibility index (Phi) is 3.71. The molecule has 1 aromatic rings. The molecule has 1 aliphatic rings.